The fourth-order valence-corrected chi connectivity index (χ4v) is 2.36. The van der Waals surface area contributed by atoms with Crippen molar-refractivity contribution in [2.45, 2.75) is 6.42 Å². The molecule has 2 heterocycles. The van der Waals surface area contributed by atoms with E-state index in [0.29, 0.717) is 12.1 Å². The van der Waals surface area contributed by atoms with Gasteiger partial charge in [-0.05, 0) is 23.8 Å². The highest BCUT2D eigenvalue weighted by atomic mass is 16.2. The molecular weight excluding hydrogens is 242 g/mol. The van der Waals surface area contributed by atoms with Gasteiger partial charge >= 0.3 is 0 Å². The Kier molecular flexibility index (Phi) is 2.48. The number of aryl methyl sites for hydroxylation is 1. The summed E-state index contributed by atoms with van der Waals surface area (Å²) in [7, 11) is 3.51. The van der Waals surface area contributed by atoms with Crippen molar-refractivity contribution in [3.8, 4) is 11.3 Å². The highest BCUT2D eigenvalue weighted by Crippen LogP contribution is 2.31. The van der Waals surface area contributed by atoms with Crippen molar-refractivity contribution >= 4 is 17.9 Å². The van der Waals surface area contributed by atoms with Gasteiger partial charge in [0.2, 0.25) is 5.91 Å². The van der Waals surface area contributed by atoms with E-state index >= 15 is 0 Å². The predicted octanol–water partition coefficient (Wildman–Crippen LogP) is 1.42. The Bertz CT molecular complexity index is 688. The molecule has 1 aliphatic rings. The Balaban J connectivity index is 2.06. The molecule has 0 radical (unpaired) electrons. The van der Waals surface area contributed by atoms with Crippen molar-refractivity contribution in [2.24, 2.45) is 7.05 Å². The Labute approximate surface area is 110 Å². The molecule has 0 spiro atoms. The van der Waals surface area contributed by atoms with Gasteiger partial charge in [-0.1, -0.05) is 6.07 Å². The van der Waals surface area contributed by atoms with Crippen LogP contribution >= 0.6 is 0 Å². The van der Waals surface area contributed by atoms with E-state index in [0.717, 1.165) is 28.8 Å². The largest absolute Gasteiger partial charge is 0.315 e. The van der Waals surface area contributed by atoms with Crippen LogP contribution in [0.25, 0.3) is 11.3 Å². The summed E-state index contributed by atoms with van der Waals surface area (Å²) >= 11 is 0. The van der Waals surface area contributed by atoms with Gasteiger partial charge in [0.15, 0.2) is 6.29 Å². The van der Waals surface area contributed by atoms with Gasteiger partial charge in [-0.25, -0.2) is 0 Å². The molecule has 0 unspecified atom stereocenters. The minimum absolute atomic E-state index is 0.0988. The number of hydrogen-bond donors (Lipinski definition) is 0. The summed E-state index contributed by atoms with van der Waals surface area (Å²) in [5.74, 6) is 0.0988. The topological polar surface area (TPSA) is 55.2 Å². The van der Waals surface area contributed by atoms with Gasteiger partial charge in [0.05, 0.1) is 12.1 Å². The first-order chi connectivity index (χ1) is 9.10. The van der Waals surface area contributed by atoms with E-state index in [2.05, 4.69) is 5.10 Å². The molecule has 1 aliphatic heterocycles. The number of carbonyl (C=O) groups excluding carboxylic acids is 2. The number of anilines is 1. The number of aldehydes is 1. The second-order valence-electron chi connectivity index (χ2n) is 4.67. The fourth-order valence-electron chi connectivity index (χ4n) is 2.36. The van der Waals surface area contributed by atoms with E-state index in [9.17, 15) is 9.59 Å². The number of amides is 1. The van der Waals surface area contributed by atoms with Crippen LogP contribution in [0.4, 0.5) is 5.69 Å². The zero-order valence-electron chi connectivity index (χ0n) is 10.8. The average molecular weight is 255 g/mol. The molecule has 1 aromatic heterocycles. The van der Waals surface area contributed by atoms with E-state index < -0.39 is 0 Å². The molecule has 0 aliphatic carbocycles. The van der Waals surface area contributed by atoms with Crippen molar-refractivity contribution in [2.75, 3.05) is 11.9 Å². The van der Waals surface area contributed by atoms with Crippen molar-refractivity contribution in [1.82, 2.24) is 9.78 Å². The molecule has 0 saturated carbocycles. The maximum atomic E-state index is 11.6. The maximum Gasteiger partial charge on any atom is 0.231 e. The molecule has 96 valence electrons. The Morgan fingerprint density at radius 2 is 2.05 bits per heavy atom. The van der Waals surface area contributed by atoms with Crippen molar-refractivity contribution in [3.63, 3.8) is 0 Å². The molecule has 0 N–H and O–H groups in total. The molecule has 5 heteroatoms. The van der Waals surface area contributed by atoms with E-state index in [1.165, 1.54) is 0 Å². The third-order valence-electron chi connectivity index (χ3n) is 3.49. The molecule has 0 atom stereocenters. The number of carbonyl (C=O) groups is 2. The second kappa shape index (κ2) is 4.05. The Morgan fingerprint density at radius 3 is 2.74 bits per heavy atom. The molecular formula is C14H13N3O2. The zero-order valence-corrected chi connectivity index (χ0v) is 10.8. The van der Waals surface area contributed by atoms with Crippen LogP contribution in [-0.4, -0.2) is 29.0 Å². The third-order valence-corrected chi connectivity index (χ3v) is 3.49. The zero-order chi connectivity index (χ0) is 13.6. The molecule has 5 nitrogen and oxygen atoms in total. The highest BCUT2D eigenvalue weighted by molar-refractivity contribution is 6.01. The number of benzene rings is 1. The summed E-state index contributed by atoms with van der Waals surface area (Å²) < 4.78 is 1.55. The van der Waals surface area contributed by atoms with Crippen molar-refractivity contribution < 1.29 is 9.59 Å². The number of nitrogens with zero attached hydrogens (tertiary/aromatic N) is 3. The van der Waals surface area contributed by atoms with Gasteiger partial charge in [0, 0.05) is 25.3 Å². The van der Waals surface area contributed by atoms with Crippen molar-refractivity contribution in [3.05, 3.63) is 35.5 Å². The monoisotopic (exact) mass is 255 g/mol. The van der Waals surface area contributed by atoms with Gasteiger partial charge in [0.1, 0.15) is 5.69 Å². The van der Waals surface area contributed by atoms with Crippen LogP contribution in [0.2, 0.25) is 0 Å². The molecule has 19 heavy (non-hydrogen) atoms. The van der Waals surface area contributed by atoms with Crippen LogP contribution < -0.4 is 4.90 Å². The summed E-state index contributed by atoms with van der Waals surface area (Å²) in [6.45, 7) is 0. The smallest absolute Gasteiger partial charge is 0.231 e. The molecule has 3 rings (SSSR count). The SMILES string of the molecule is CN1C(=O)Cc2cc(-c3cc(C=O)n(C)n3)ccc21. The normalized spacial score (nSPS) is 13.8. The molecule has 1 amide bonds. The second-order valence-corrected chi connectivity index (χ2v) is 4.67. The van der Waals surface area contributed by atoms with Gasteiger partial charge in [-0.15, -0.1) is 0 Å². The number of aromatic nitrogens is 2. The van der Waals surface area contributed by atoms with Crippen LogP contribution in [-0.2, 0) is 18.3 Å². The van der Waals surface area contributed by atoms with E-state index in [1.54, 1.807) is 29.7 Å². The first-order valence-corrected chi connectivity index (χ1v) is 5.99. The van der Waals surface area contributed by atoms with Gasteiger partial charge in [-0.2, -0.15) is 5.10 Å². The Morgan fingerprint density at radius 1 is 1.26 bits per heavy atom. The number of fused-ring (bicyclic) bond motifs is 1. The average Bonchev–Trinajstić information content (AvgIpc) is 2.91. The summed E-state index contributed by atoms with van der Waals surface area (Å²) in [6.07, 6.45) is 1.20. The quantitative estimate of drug-likeness (QED) is 0.762. The van der Waals surface area contributed by atoms with Crippen LogP contribution in [0.15, 0.2) is 24.3 Å². The minimum Gasteiger partial charge on any atom is -0.315 e. The van der Waals surface area contributed by atoms with Crippen molar-refractivity contribution in [1.29, 1.82) is 0 Å². The lowest BCUT2D eigenvalue weighted by molar-refractivity contribution is -0.117. The number of rotatable bonds is 2. The van der Waals surface area contributed by atoms with Crippen LogP contribution in [0.3, 0.4) is 0 Å². The molecule has 0 saturated heterocycles. The standard InChI is InChI=1S/C14H13N3O2/c1-16-13-4-3-9(5-10(13)6-14(16)19)12-7-11(8-18)17(2)15-12/h3-5,7-8H,6H2,1-2H3. The van der Waals surface area contributed by atoms with E-state index in [4.69, 9.17) is 0 Å². The van der Waals surface area contributed by atoms with E-state index in [-0.39, 0.29) is 5.91 Å². The summed E-state index contributed by atoms with van der Waals surface area (Å²) in [6, 6.07) is 7.55. The van der Waals surface area contributed by atoms with E-state index in [1.807, 2.05) is 18.2 Å². The lowest BCUT2D eigenvalue weighted by Crippen LogP contribution is -2.20. The summed E-state index contributed by atoms with van der Waals surface area (Å²) in [5, 5.41) is 4.30. The Hall–Kier alpha value is -2.43. The lowest BCUT2D eigenvalue weighted by atomic mass is 10.1. The first-order valence-electron chi connectivity index (χ1n) is 5.99. The fraction of sp³-hybridized carbons (Fsp3) is 0.214. The number of likely N-dealkylation sites (N-methyl/N-ethyl adjacent to an activating group) is 1. The number of hydrogen-bond acceptors (Lipinski definition) is 3. The lowest BCUT2D eigenvalue weighted by Gasteiger charge is -2.09. The third kappa shape index (κ3) is 1.74. The van der Waals surface area contributed by atoms with Crippen LogP contribution in [0.5, 0.6) is 0 Å². The first kappa shape index (κ1) is 11.6. The van der Waals surface area contributed by atoms with Gasteiger partial charge in [0.25, 0.3) is 0 Å². The highest BCUT2D eigenvalue weighted by Gasteiger charge is 2.24. The predicted molar refractivity (Wildman–Crippen MR) is 71.1 cm³/mol. The van der Waals surface area contributed by atoms with Gasteiger partial charge < -0.3 is 4.90 Å². The van der Waals surface area contributed by atoms with Gasteiger partial charge in [-0.3, -0.25) is 14.3 Å². The molecule has 2 aromatic rings. The summed E-state index contributed by atoms with van der Waals surface area (Å²) in [4.78, 5) is 24.1. The molecule has 0 bridgehead atoms. The molecule has 1 aromatic carbocycles. The van der Waals surface area contributed by atoms with Crippen LogP contribution in [0.1, 0.15) is 16.1 Å². The minimum atomic E-state index is 0.0988. The van der Waals surface area contributed by atoms with Crippen LogP contribution in [0, 0.1) is 0 Å². The maximum absolute atomic E-state index is 11.6. The summed E-state index contributed by atoms with van der Waals surface area (Å²) in [5.41, 5.74) is 4.15. The molecule has 0 fully saturated rings.